The van der Waals surface area contributed by atoms with E-state index in [4.69, 9.17) is 0 Å². The van der Waals surface area contributed by atoms with E-state index in [2.05, 4.69) is 55.3 Å². The van der Waals surface area contributed by atoms with Crippen molar-refractivity contribution in [3.05, 3.63) is 58.6 Å². The summed E-state index contributed by atoms with van der Waals surface area (Å²) in [5.74, 6) is 1.04. The SMILES string of the molecule is CCCCS.c1ccc2sccc2c1.c1ccsc1. The van der Waals surface area contributed by atoms with Crippen molar-refractivity contribution >= 4 is 45.4 Å². The van der Waals surface area contributed by atoms with Crippen LogP contribution in [0.25, 0.3) is 10.1 Å². The second-order valence-electron chi connectivity index (χ2n) is 3.83. The number of unbranched alkanes of at least 4 members (excludes halogenated alkanes) is 1. The minimum atomic E-state index is 1.04. The van der Waals surface area contributed by atoms with Gasteiger partial charge in [-0.2, -0.15) is 24.0 Å². The fraction of sp³-hybridized carbons (Fsp3) is 0.250. The third-order valence-electron chi connectivity index (χ3n) is 2.30. The molecule has 0 fully saturated rings. The molecule has 0 saturated heterocycles. The number of fused-ring (bicyclic) bond motifs is 1. The number of hydrogen-bond acceptors (Lipinski definition) is 3. The van der Waals surface area contributed by atoms with E-state index in [-0.39, 0.29) is 0 Å². The topological polar surface area (TPSA) is 0 Å². The van der Waals surface area contributed by atoms with Gasteiger partial charge in [0.15, 0.2) is 0 Å². The first-order valence-electron chi connectivity index (χ1n) is 6.38. The van der Waals surface area contributed by atoms with Gasteiger partial charge in [-0.1, -0.05) is 43.7 Å². The Labute approximate surface area is 129 Å². The van der Waals surface area contributed by atoms with Crippen LogP contribution in [0.3, 0.4) is 0 Å². The molecule has 3 rings (SSSR count). The van der Waals surface area contributed by atoms with Crippen LogP contribution in [0.4, 0.5) is 0 Å². The van der Waals surface area contributed by atoms with E-state index < -0.39 is 0 Å². The standard InChI is InChI=1S/C8H6S.C4H4S.C4H10S/c1-2-4-8-7(3-1)5-6-9-8;1-2-4-5-3-1;1-2-3-4-5/h1-6H;1-4H;5H,2-4H2,1H3. The zero-order valence-electron chi connectivity index (χ0n) is 11.2. The molecule has 19 heavy (non-hydrogen) atoms. The number of rotatable bonds is 2. The maximum absolute atomic E-state index is 4.00. The van der Waals surface area contributed by atoms with E-state index in [1.54, 1.807) is 22.7 Å². The Morgan fingerprint density at radius 1 is 0.947 bits per heavy atom. The Morgan fingerprint density at radius 2 is 1.68 bits per heavy atom. The Kier molecular flexibility index (Phi) is 9.51. The second kappa shape index (κ2) is 11.1. The summed E-state index contributed by atoms with van der Waals surface area (Å²) in [6.07, 6.45) is 2.52. The summed E-state index contributed by atoms with van der Waals surface area (Å²) in [6, 6.07) is 14.6. The van der Waals surface area contributed by atoms with Crippen LogP contribution in [0.2, 0.25) is 0 Å². The third-order valence-corrected chi connectivity index (χ3v) is 4.14. The predicted molar refractivity (Wildman–Crippen MR) is 94.9 cm³/mol. The maximum Gasteiger partial charge on any atom is 0.0342 e. The lowest BCUT2D eigenvalue weighted by Crippen LogP contribution is -1.65. The van der Waals surface area contributed by atoms with Crippen LogP contribution >= 0.6 is 35.3 Å². The van der Waals surface area contributed by atoms with Gasteiger partial charge < -0.3 is 0 Å². The van der Waals surface area contributed by atoms with Gasteiger partial charge in [0, 0.05) is 4.70 Å². The molecular formula is C16H20S3. The molecule has 102 valence electrons. The molecule has 2 heterocycles. The summed E-state index contributed by atoms with van der Waals surface area (Å²) in [5, 5.41) is 7.55. The van der Waals surface area contributed by atoms with Gasteiger partial charge in [-0.15, -0.1) is 11.3 Å². The van der Waals surface area contributed by atoms with Crippen LogP contribution in [0.15, 0.2) is 58.6 Å². The number of benzene rings is 1. The van der Waals surface area contributed by atoms with Gasteiger partial charge in [0.2, 0.25) is 0 Å². The lowest BCUT2D eigenvalue weighted by molar-refractivity contribution is 0.899. The highest BCUT2D eigenvalue weighted by Crippen LogP contribution is 2.18. The van der Waals surface area contributed by atoms with Crippen LogP contribution in [0.5, 0.6) is 0 Å². The van der Waals surface area contributed by atoms with Gasteiger partial charge in [-0.3, -0.25) is 0 Å². The minimum absolute atomic E-state index is 1.04. The monoisotopic (exact) mass is 308 g/mol. The average Bonchev–Trinajstić information content (AvgIpc) is 3.15. The van der Waals surface area contributed by atoms with Crippen molar-refractivity contribution in [2.45, 2.75) is 19.8 Å². The molecular weight excluding hydrogens is 288 g/mol. The summed E-state index contributed by atoms with van der Waals surface area (Å²) in [7, 11) is 0. The molecule has 0 spiro atoms. The van der Waals surface area contributed by atoms with E-state index >= 15 is 0 Å². The van der Waals surface area contributed by atoms with Crippen molar-refractivity contribution in [2.24, 2.45) is 0 Å². The zero-order chi connectivity index (χ0) is 13.8. The van der Waals surface area contributed by atoms with Crippen LogP contribution in [-0.4, -0.2) is 5.75 Å². The summed E-state index contributed by atoms with van der Waals surface area (Å²) in [4.78, 5) is 0. The predicted octanol–water partition coefficient (Wildman–Crippen LogP) is 6.37. The van der Waals surface area contributed by atoms with Crippen molar-refractivity contribution in [1.82, 2.24) is 0 Å². The normalized spacial score (nSPS) is 9.16. The molecule has 3 aromatic rings. The Morgan fingerprint density at radius 3 is 2.16 bits per heavy atom. The Bertz CT molecular complexity index is 462. The first-order valence-corrected chi connectivity index (χ1v) is 8.84. The maximum atomic E-state index is 4.00. The second-order valence-corrected chi connectivity index (χ2v) is 6.04. The molecule has 0 amide bonds. The molecule has 0 bridgehead atoms. The van der Waals surface area contributed by atoms with Crippen molar-refractivity contribution in [3.8, 4) is 0 Å². The summed E-state index contributed by atoms with van der Waals surface area (Å²) >= 11 is 7.50. The fourth-order valence-corrected chi connectivity index (χ4v) is 2.85. The average molecular weight is 309 g/mol. The zero-order valence-corrected chi connectivity index (χ0v) is 13.7. The van der Waals surface area contributed by atoms with Gasteiger partial charge in [0.1, 0.15) is 0 Å². The molecule has 0 nitrogen and oxygen atoms in total. The van der Waals surface area contributed by atoms with Crippen LogP contribution < -0.4 is 0 Å². The van der Waals surface area contributed by atoms with E-state index in [0.29, 0.717) is 0 Å². The molecule has 1 aromatic carbocycles. The first-order chi connectivity index (χ1) is 9.38. The van der Waals surface area contributed by atoms with Gasteiger partial charge in [-0.05, 0) is 45.8 Å². The molecule has 2 aromatic heterocycles. The van der Waals surface area contributed by atoms with Gasteiger partial charge in [0.05, 0.1) is 0 Å². The third kappa shape index (κ3) is 7.41. The summed E-state index contributed by atoms with van der Waals surface area (Å²) < 4.78 is 1.37. The lowest BCUT2D eigenvalue weighted by Gasteiger charge is -1.82. The molecule has 0 N–H and O–H groups in total. The van der Waals surface area contributed by atoms with E-state index in [1.165, 1.54) is 22.9 Å². The molecule has 0 saturated carbocycles. The smallest absolute Gasteiger partial charge is 0.0342 e. The van der Waals surface area contributed by atoms with Crippen molar-refractivity contribution in [1.29, 1.82) is 0 Å². The minimum Gasteiger partial charge on any atom is -0.179 e. The van der Waals surface area contributed by atoms with Crippen LogP contribution in [0.1, 0.15) is 19.8 Å². The van der Waals surface area contributed by atoms with Gasteiger partial charge in [-0.25, -0.2) is 0 Å². The largest absolute Gasteiger partial charge is 0.179 e. The molecule has 3 heteroatoms. The van der Waals surface area contributed by atoms with Crippen LogP contribution in [-0.2, 0) is 0 Å². The van der Waals surface area contributed by atoms with Gasteiger partial charge >= 0.3 is 0 Å². The first kappa shape index (κ1) is 16.3. The summed E-state index contributed by atoms with van der Waals surface area (Å²) in [5.41, 5.74) is 0. The molecule has 0 aliphatic heterocycles. The van der Waals surface area contributed by atoms with Crippen molar-refractivity contribution < 1.29 is 0 Å². The fourth-order valence-electron chi connectivity index (χ4n) is 1.29. The van der Waals surface area contributed by atoms with Crippen molar-refractivity contribution in [2.75, 3.05) is 5.75 Å². The van der Waals surface area contributed by atoms with Crippen molar-refractivity contribution in [3.63, 3.8) is 0 Å². The highest BCUT2D eigenvalue weighted by atomic mass is 32.1. The van der Waals surface area contributed by atoms with E-state index in [9.17, 15) is 0 Å². The quantitative estimate of drug-likeness (QED) is 0.523. The summed E-state index contributed by atoms with van der Waals surface area (Å²) in [6.45, 7) is 2.16. The van der Waals surface area contributed by atoms with E-state index in [1.807, 2.05) is 22.9 Å². The Balaban J connectivity index is 0.000000156. The highest BCUT2D eigenvalue weighted by Gasteiger charge is 1.87. The van der Waals surface area contributed by atoms with Gasteiger partial charge in [0.25, 0.3) is 0 Å². The molecule has 0 aliphatic carbocycles. The number of hydrogen-bond donors (Lipinski definition) is 1. The lowest BCUT2D eigenvalue weighted by atomic mass is 10.3. The number of thiophene rings is 2. The Hall–Kier alpha value is -0.770. The molecule has 0 unspecified atom stereocenters. The number of thiol groups is 1. The van der Waals surface area contributed by atoms with E-state index in [0.717, 1.165) is 5.75 Å². The molecule has 0 radical (unpaired) electrons. The van der Waals surface area contributed by atoms with Crippen LogP contribution in [0, 0.1) is 0 Å². The molecule has 0 atom stereocenters. The highest BCUT2D eigenvalue weighted by molar-refractivity contribution is 7.80. The molecule has 0 aliphatic rings.